The van der Waals surface area contributed by atoms with Crippen LogP contribution in [0.2, 0.25) is 0 Å². The fourth-order valence-electron chi connectivity index (χ4n) is 2.02. The largest absolute Gasteiger partial charge is 0.468 e. The lowest BCUT2D eigenvalue weighted by molar-refractivity contribution is -0.143. The molecule has 4 heteroatoms. The van der Waals surface area contributed by atoms with E-state index >= 15 is 0 Å². The highest BCUT2D eigenvalue weighted by Gasteiger charge is 2.22. The minimum absolute atomic E-state index is 0.0975. The van der Waals surface area contributed by atoms with Gasteiger partial charge in [-0.2, -0.15) is 0 Å². The Labute approximate surface area is 123 Å². The molecule has 0 heterocycles. The van der Waals surface area contributed by atoms with Crippen LogP contribution in [-0.4, -0.2) is 19.1 Å². The van der Waals surface area contributed by atoms with Crippen molar-refractivity contribution in [3.05, 3.63) is 34.3 Å². The first-order valence-electron chi connectivity index (χ1n) is 6.53. The number of rotatable bonds is 6. The Bertz CT molecular complexity index is 420. The summed E-state index contributed by atoms with van der Waals surface area (Å²) < 4.78 is 5.90. The number of hydrogen-bond acceptors (Lipinski definition) is 3. The van der Waals surface area contributed by atoms with Gasteiger partial charge in [-0.05, 0) is 37.0 Å². The van der Waals surface area contributed by atoms with Crippen LogP contribution in [0, 0.1) is 5.92 Å². The molecule has 106 valence electrons. The monoisotopic (exact) mass is 327 g/mol. The van der Waals surface area contributed by atoms with E-state index in [2.05, 4.69) is 48.1 Å². The Kier molecular flexibility index (Phi) is 6.52. The smallest absolute Gasteiger partial charge is 0.322 e. The third kappa shape index (κ3) is 5.33. The van der Waals surface area contributed by atoms with Crippen molar-refractivity contribution in [2.24, 2.45) is 5.92 Å². The fraction of sp³-hybridized carbons (Fsp3) is 0.533. The van der Waals surface area contributed by atoms with Crippen molar-refractivity contribution in [2.45, 2.75) is 39.3 Å². The molecule has 0 fully saturated rings. The summed E-state index contributed by atoms with van der Waals surface area (Å²) in [4.78, 5) is 11.8. The van der Waals surface area contributed by atoms with Crippen molar-refractivity contribution in [3.8, 4) is 0 Å². The zero-order valence-corrected chi connectivity index (χ0v) is 13.5. The van der Waals surface area contributed by atoms with Crippen LogP contribution in [0.25, 0.3) is 0 Å². The Balaban J connectivity index is 2.75. The van der Waals surface area contributed by atoms with Crippen molar-refractivity contribution in [2.75, 3.05) is 7.11 Å². The average molecular weight is 328 g/mol. The highest BCUT2D eigenvalue weighted by atomic mass is 79.9. The molecule has 0 aliphatic heterocycles. The van der Waals surface area contributed by atoms with Crippen LogP contribution >= 0.6 is 15.9 Å². The maximum atomic E-state index is 11.8. The van der Waals surface area contributed by atoms with Crippen molar-refractivity contribution < 1.29 is 9.53 Å². The number of carbonyl (C=O) groups excluding carboxylic acids is 1. The van der Waals surface area contributed by atoms with Gasteiger partial charge in [-0.1, -0.05) is 41.9 Å². The highest BCUT2D eigenvalue weighted by Crippen LogP contribution is 2.19. The summed E-state index contributed by atoms with van der Waals surface area (Å²) in [5, 5.41) is 3.35. The third-order valence-corrected chi connectivity index (χ3v) is 3.49. The number of benzene rings is 1. The lowest BCUT2D eigenvalue weighted by Crippen LogP contribution is -2.40. The van der Waals surface area contributed by atoms with E-state index in [0.717, 1.165) is 16.5 Å². The molecule has 0 aromatic heterocycles. The molecular formula is C15H22BrNO2. The highest BCUT2D eigenvalue weighted by molar-refractivity contribution is 9.10. The quantitative estimate of drug-likeness (QED) is 0.810. The van der Waals surface area contributed by atoms with Crippen LogP contribution in [0.15, 0.2) is 28.7 Å². The molecule has 0 aliphatic rings. The normalized spacial score (nSPS) is 14.2. The van der Waals surface area contributed by atoms with Crippen LogP contribution in [0.1, 0.15) is 38.8 Å². The lowest BCUT2D eigenvalue weighted by atomic mass is 10.0. The lowest BCUT2D eigenvalue weighted by Gasteiger charge is -2.23. The molecule has 0 radical (unpaired) electrons. The number of hydrogen-bond donors (Lipinski definition) is 1. The van der Waals surface area contributed by atoms with E-state index in [1.807, 2.05) is 18.2 Å². The van der Waals surface area contributed by atoms with Gasteiger partial charge in [0.2, 0.25) is 0 Å². The van der Waals surface area contributed by atoms with Gasteiger partial charge in [-0.15, -0.1) is 0 Å². The van der Waals surface area contributed by atoms with Crippen molar-refractivity contribution >= 4 is 21.9 Å². The second-order valence-corrected chi connectivity index (χ2v) is 6.06. The van der Waals surface area contributed by atoms with E-state index in [-0.39, 0.29) is 18.1 Å². The van der Waals surface area contributed by atoms with E-state index in [0.29, 0.717) is 5.92 Å². The molecule has 0 saturated carbocycles. The number of ether oxygens (including phenoxy) is 1. The molecular weight excluding hydrogens is 306 g/mol. The van der Waals surface area contributed by atoms with E-state index in [4.69, 9.17) is 4.74 Å². The van der Waals surface area contributed by atoms with Crippen LogP contribution in [0.4, 0.5) is 0 Å². The summed E-state index contributed by atoms with van der Waals surface area (Å²) in [5.41, 5.74) is 1.15. The van der Waals surface area contributed by atoms with Gasteiger partial charge in [-0.25, -0.2) is 0 Å². The fourth-order valence-corrected chi connectivity index (χ4v) is 2.44. The number of halogens is 1. The van der Waals surface area contributed by atoms with Gasteiger partial charge in [0, 0.05) is 10.5 Å². The minimum Gasteiger partial charge on any atom is -0.468 e. The van der Waals surface area contributed by atoms with E-state index in [9.17, 15) is 4.79 Å². The van der Waals surface area contributed by atoms with Crippen LogP contribution in [0.3, 0.4) is 0 Å². The number of carbonyl (C=O) groups is 1. The number of methoxy groups -OCH3 is 1. The molecule has 19 heavy (non-hydrogen) atoms. The van der Waals surface area contributed by atoms with Gasteiger partial charge in [0.15, 0.2) is 0 Å². The molecule has 0 spiro atoms. The van der Waals surface area contributed by atoms with Gasteiger partial charge in [0.05, 0.1) is 7.11 Å². The molecule has 0 bridgehead atoms. The molecule has 1 rings (SSSR count). The maximum absolute atomic E-state index is 11.8. The minimum atomic E-state index is -0.265. The van der Waals surface area contributed by atoms with Crippen LogP contribution < -0.4 is 5.32 Å². The predicted octanol–water partition coefficient (Wildman–Crippen LogP) is 3.69. The molecule has 1 aromatic rings. The molecule has 1 aromatic carbocycles. The predicted molar refractivity (Wildman–Crippen MR) is 81.0 cm³/mol. The maximum Gasteiger partial charge on any atom is 0.322 e. The summed E-state index contributed by atoms with van der Waals surface area (Å²) >= 11 is 3.46. The Morgan fingerprint density at radius 2 is 2.05 bits per heavy atom. The van der Waals surface area contributed by atoms with Crippen molar-refractivity contribution in [1.82, 2.24) is 5.32 Å². The zero-order chi connectivity index (χ0) is 14.4. The number of nitrogens with one attached hydrogen (secondary N) is 1. The summed E-state index contributed by atoms with van der Waals surface area (Å²) in [5.74, 6) is 0.238. The summed E-state index contributed by atoms with van der Waals surface area (Å²) in [6.45, 7) is 6.25. The van der Waals surface area contributed by atoms with Crippen LogP contribution in [0.5, 0.6) is 0 Å². The Morgan fingerprint density at radius 1 is 1.37 bits per heavy atom. The van der Waals surface area contributed by atoms with Gasteiger partial charge in [0.1, 0.15) is 6.04 Å². The second-order valence-electron chi connectivity index (χ2n) is 5.15. The van der Waals surface area contributed by atoms with Gasteiger partial charge in [-0.3, -0.25) is 10.1 Å². The van der Waals surface area contributed by atoms with Gasteiger partial charge in [0.25, 0.3) is 0 Å². The second kappa shape index (κ2) is 7.65. The molecule has 0 amide bonds. The van der Waals surface area contributed by atoms with E-state index in [1.54, 1.807) is 0 Å². The van der Waals surface area contributed by atoms with Crippen molar-refractivity contribution in [1.29, 1.82) is 0 Å². The van der Waals surface area contributed by atoms with Crippen LogP contribution in [-0.2, 0) is 9.53 Å². The molecule has 3 nitrogen and oxygen atoms in total. The zero-order valence-electron chi connectivity index (χ0n) is 11.9. The summed E-state index contributed by atoms with van der Waals surface area (Å²) in [6.07, 6.45) is 0.769. The van der Waals surface area contributed by atoms with E-state index < -0.39 is 0 Å². The first-order chi connectivity index (χ1) is 8.93. The van der Waals surface area contributed by atoms with Gasteiger partial charge < -0.3 is 4.74 Å². The summed E-state index contributed by atoms with van der Waals surface area (Å²) in [7, 11) is 1.43. The molecule has 0 aliphatic carbocycles. The van der Waals surface area contributed by atoms with Crippen molar-refractivity contribution in [3.63, 3.8) is 0 Å². The summed E-state index contributed by atoms with van der Waals surface area (Å²) in [6, 6.07) is 7.92. The Morgan fingerprint density at radius 3 is 2.58 bits per heavy atom. The topological polar surface area (TPSA) is 38.3 Å². The standard InChI is InChI=1S/C15H22BrNO2/c1-10(2)8-14(15(18)19-4)17-11(3)12-6-5-7-13(16)9-12/h5-7,9-11,14,17H,8H2,1-4H3. The third-order valence-electron chi connectivity index (χ3n) is 2.99. The molecule has 2 atom stereocenters. The average Bonchev–Trinajstić information content (AvgIpc) is 2.36. The molecule has 0 saturated heterocycles. The SMILES string of the molecule is COC(=O)C(CC(C)C)NC(C)c1cccc(Br)c1. The number of esters is 1. The van der Waals surface area contributed by atoms with Gasteiger partial charge >= 0.3 is 5.97 Å². The molecule has 2 unspecified atom stereocenters. The first kappa shape index (κ1) is 16.2. The van der Waals surface area contributed by atoms with E-state index in [1.165, 1.54) is 7.11 Å². The molecule has 1 N–H and O–H groups in total. The Hall–Kier alpha value is -0.870. The first-order valence-corrected chi connectivity index (χ1v) is 7.32.